The fraction of sp³-hybridized carbons (Fsp3) is 0.333. The minimum absolute atomic E-state index is 0.146. The number of carbonyl (C=O) groups excluding carboxylic acids is 1. The Kier molecular flexibility index (Phi) is 7.70. The molecule has 0 atom stereocenters. The highest BCUT2D eigenvalue weighted by Crippen LogP contribution is 2.12. The van der Waals surface area contributed by atoms with Crippen molar-refractivity contribution in [1.82, 2.24) is 5.43 Å². The van der Waals surface area contributed by atoms with Crippen LogP contribution in [0.3, 0.4) is 0 Å². The lowest BCUT2D eigenvalue weighted by molar-refractivity contribution is -0.119. The monoisotopic (exact) mass is 337 g/mol. The van der Waals surface area contributed by atoms with Crippen molar-refractivity contribution in [2.75, 3.05) is 11.9 Å². The van der Waals surface area contributed by atoms with Crippen molar-refractivity contribution in [3.05, 3.63) is 65.7 Å². The van der Waals surface area contributed by atoms with Crippen molar-refractivity contribution in [2.45, 2.75) is 39.5 Å². The number of hydrogen-bond acceptors (Lipinski definition) is 3. The molecule has 0 fully saturated rings. The number of nitrogens with zero attached hydrogens (tertiary/aromatic N) is 1. The molecule has 0 aliphatic rings. The van der Waals surface area contributed by atoms with E-state index in [1.165, 1.54) is 0 Å². The van der Waals surface area contributed by atoms with Gasteiger partial charge < -0.3 is 5.32 Å². The third kappa shape index (κ3) is 6.42. The zero-order valence-corrected chi connectivity index (χ0v) is 15.1. The Bertz CT molecular complexity index is 695. The van der Waals surface area contributed by atoms with Crippen LogP contribution in [0.2, 0.25) is 0 Å². The molecule has 2 aromatic rings. The summed E-state index contributed by atoms with van der Waals surface area (Å²) in [7, 11) is 0. The first kappa shape index (κ1) is 18.7. The Balaban J connectivity index is 1.94. The van der Waals surface area contributed by atoms with Gasteiger partial charge in [0.05, 0.1) is 12.3 Å². The van der Waals surface area contributed by atoms with Crippen molar-refractivity contribution in [1.29, 1.82) is 0 Å². The first-order valence-electron chi connectivity index (χ1n) is 8.91. The molecular weight excluding hydrogens is 310 g/mol. The van der Waals surface area contributed by atoms with Crippen molar-refractivity contribution in [2.24, 2.45) is 5.10 Å². The molecule has 0 radical (unpaired) electrons. The molecule has 4 nitrogen and oxygen atoms in total. The quantitative estimate of drug-likeness (QED) is 0.402. The zero-order chi connectivity index (χ0) is 17.9. The molecule has 0 heterocycles. The summed E-state index contributed by atoms with van der Waals surface area (Å²) in [5.74, 6) is -0.146. The van der Waals surface area contributed by atoms with Gasteiger partial charge >= 0.3 is 0 Å². The van der Waals surface area contributed by atoms with E-state index < -0.39 is 0 Å². The fourth-order valence-electron chi connectivity index (χ4n) is 2.55. The SMILES string of the molecule is CCCCCC(=NNC(=O)CNc1ccccc1C)c1ccccc1. The minimum atomic E-state index is -0.146. The standard InChI is InChI=1S/C21H27N3O/c1-3-4-6-15-20(18-12-7-5-8-13-18)23-24-21(25)16-22-19-14-10-9-11-17(19)2/h5,7-14,22H,3-4,6,15-16H2,1-2H3,(H,24,25). The van der Waals surface area contributed by atoms with E-state index in [1.54, 1.807) is 0 Å². The summed E-state index contributed by atoms with van der Waals surface area (Å²) < 4.78 is 0. The van der Waals surface area contributed by atoms with Gasteiger partial charge in [0.1, 0.15) is 0 Å². The number of carbonyl (C=O) groups is 1. The molecule has 0 unspecified atom stereocenters. The highest BCUT2D eigenvalue weighted by atomic mass is 16.2. The summed E-state index contributed by atoms with van der Waals surface area (Å²) in [6.07, 6.45) is 4.26. The molecule has 0 aliphatic carbocycles. The van der Waals surface area contributed by atoms with E-state index in [9.17, 15) is 4.79 Å². The molecule has 2 rings (SSSR count). The Hall–Kier alpha value is -2.62. The predicted octanol–water partition coefficient (Wildman–Crippen LogP) is 4.51. The first-order valence-corrected chi connectivity index (χ1v) is 8.91. The fourth-order valence-corrected chi connectivity index (χ4v) is 2.55. The van der Waals surface area contributed by atoms with Crippen LogP contribution in [-0.4, -0.2) is 18.2 Å². The van der Waals surface area contributed by atoms with E-state index in [0.29, 0.717) is 0 Å². The van der Waals surface area contributed by atoms with Crippen molar-refractivity contribution in [3.8, 4) is 0 Å². The summed E-state index contributed by atoms with van der Waals surface area (Å²) >= 11 is 0. The average Bonchev–Trinajstić information content (AvgIpc) is 2.64. The highest BCUT2D eigenvalue weighted by Gasteiger charge is 2.06. The summed E-state index contributed by atoms with van der Waals surface area (Å²) in [5.41, 5.74) is 6.75. The van der Waals surface area contributed by atoms with Crippen LogP contribution in [-0.2, 0) is 4.79 Å². The molecule has 1 amide bonds. The lowest BCUT2D eigenvalue weighted by atomic mass is 10.0. The zero-order valence-electron chi connectivity index (χ0n) is 15.1. The Morgan fingerprint density at radius 2 is 1.72 bits per heavy atom. The topological polar surface area (TPSA) is 53.5 Å². The van der Waals surface area contributed by atoms with Crippen LogP contribution < -0.4 is 10.7 Å². The number of unbranched alkanes of at least 4 members (excludes halogenated alkanes) is 2. The van der Waals surface area contributed by atoms with Gasteiger partial charge in [-0.05, 0) is 37.0 Å². The second-order valence-corrected chi connectivity index (χ2v) is 6.09. The third-order valence-corrected chi connectivity index (χ3v) is 4.02. The maximum Gasteiger partial charge on any atom is 0.259 e. The smallest absolute Gasteiger partial charge is 0.259 e. The van der Waals surface area contributed by atoms with E-state index >= 15 is 0 Å². The third-order valence-electron chi connectivity index (χ3n) is 4.02. The van der Waals surface area contributed by atoms with Gasteiger partial charge in [-0.3, -0.25) is 4.79 Å². The van der Waals surface area contributed by atoms with E-state index in [1.807, 2.05) is 61.5 Å². The number of amides is 1. The van der Waals surface area contributed by atoms with Crippen LogP contribution in [0, 0.1) is 6.92 Å². The molecule has 25 heavy (non-hydrogen) atoms. The second kappa shape index (κ2) is 10.3. The van der Waals surface area contributed by atoms with Crippen molar-refractivity contribution < 1.29 is 4.79 Å². The number of hydrogen-bond donors (Lipinski definition) is 2. The molecule has 0 aromatic heterocycles. The van der Waals surface area contributed by atoms with E-state index in [4.69, 9.17) is 0 Å². The van der Waals surface area contributed by atoms with Gasteiger partial charge in [0.2, 0.25) is 0 Å². The van der Waals surface area contributed by atoms with Gasteiger partial charge in [-0.15, -0.1) is 0 Å². The average molecular weight is 337 g/mol. The van der Waals surface area contributed by atoms with Gasteiger partial charge in [-0.2, -0.15) is 5.10 Å². The van der Waals surface area contributed by atoms with E-state index in [2.05, 4.69) is 22.8 Å². The number of para-hydroxylation sites is 1. The first-order chi connectivity index (χ1) is 12.2. The highest BCUT2D eigenvalue weighted by molar-refractivity contribution is 6.01. The number of benzene rings is 2. The van der Waals surface area contributed by atoms with Crippen LogP contribution in [0.15, 0.2) is 59.7 Å². The summed E-state index contributed by atoms with van der Waals surface area (Å²) in [4.78, 5) is 12.1. The molecular formula is C21H27N3O. The summed E-state index contributed by atoms with van der Waals surface area (Å²) in [6, 6.07) is 17.9. The molecule has 0 bridgehead atoms. The number of hydrazone groups is 1. The van der Waals surface area contributed by atoms with Crippen LogP contribution in [0.25, 0.3) is 0 Å². The number of nitrogens with one attached hydrogen (secondary N) is 2. The molecule has 0 aliphatic heterocycles. The molecule has 0 spiro atoms. The maximum atomic E-state index is 12.1. The van der Waals surface area contributed by atoms with Gasteiger partial charge in [-0.1, -0.05) is 68.3 Å². The number of aryl methyl sites for hydroxylation is 1. The summed E-state index contributed by atoms with van der Waals surface area (Å²) in [5, 5.41) is 7.52. The lowest BCUT2D eigenvalue weighted by Crippen LogP contribution is -2.27. The predicted molar refractivity (Wildman–Crippen MR) is 105 cm³/mol. The van der Waals surface area contributed by atoms with Crippen molar-refractivity contribution >= 4 is 17.3 Å². The van der Waals surface area contributed by atoms with Crippen molar-refractivity contribution in [3.63, 3.8) is 0 Å². The summed E-state index contributed by atoms with van der Waals surface area (Å²) in [6.45, 7) is 4.39. The molecule has 4 heteroatoms. The Labute approximate surface area is 150 Å². The molecule has 0 saturated carbocycles. The largest absolute Gasteiger partial charge is 0.376 e. The normalized spacial score (nSPS) is 11.2. The van der Waals surface area contributed by atoms with Gasteiger partial charge in [-0.25, -0.2) is 5.43 Å². The molecule has 2 aromatic carbocycles. The molecule has 2 N–H and O–H groups in total. The Morgan fingerprint density at radius 3 is 2.44 bits per heavy atom. The van der Waals surface area contributed by atoms with Gasteiger partial charge in [0.25, 0.3) is 5.91 Å². The number of anilines is 1. The maximum absolute atomic E-state index is 12.1. The molecule has 0 saturated heterocycles. The van der Waals surface area contributed by atoms with Crippen LogP contribution in [0.4, 0.5) is 5.69 Å². The number of rotatable bonds is 9. The van der Waals surface area contributed by atoms with Crippen LogP contribution >= 0.6 is 0 Å². The van der Waals surface area contributed by atoms with Crippen LogP contribution in [0.5, 0.6) is 0 Å². The van der Waals surface area contributed by atoms with Crippen LogP contribution in [0.1, 0.15) is 43.7 Å². The van der Waals surface area contributed by atoms with Gasteiger partial charge in [0.15, 0.2) is 0 Å². The van der Waals surface area contributed by atoms with Gasteiger partial charge in [0, 0.05) is 5.69 Å². The Morgan fingerprint density at radius 1 is 1.00 bits per heavy atom. The second-order valence-electron chi connectivity index (χ2n) is 6.09. The minimum Gasteiger partial charge on any atom is -0.376 e. The molecule has 132 valence electrons. The van der Waals surface area contributed by atoms with E-state index in [-0.39, 0.29) is 12.5 Å². The lowest BCUT2D eigenvalue weighted by Gasteiger charge is -2.10. The van der Waals surface area contributed by atoms with E-state index in [0.717, 1.165) is 48.2 Å².